The van der Waals surface area contributed by atoms with Crippen LogP contribution in [0.5, 0.6) is 0 Å². The first-order valence-corrected chi connectivity index (χ1v) is 19.5. The largest absolute Gasteiger partial charge is 0.310 e. The standard InChI is InChI=1S/C54H46N2/c1-41-37-51(55(47-23-11-5-12-24-47)49-33-29-45(30-34-49)22-16-15-21-43-17-7-3-8-18-43)39-53-42(2)38-52(40-54(41)53)56(48-25-13-6-14-26-48)50-35-31-46(32-36-50)28-27-44-19-9-4-10-20-44/h3-14,16-20,22-40H,15,21H2,1-2H3/b22-16+,28-27+. The van der Waals surface area contributed by atoms with Crippen LogP contribution in [-0.2, 0) is 6.42 Å². The maximum absolute atomic E-state index is 2.37. The molecule has 0 saturated heterocycles. The molecule has 0 heterocycles. The number of nitrogens with zero attached hydrogens (tertiary/aromatic N) is 2. The molecule has 0 N–H and O–H groups in total. The van der Waals surface area contributed by atoms with Crippen molar-refractivity contribution < 1.29 is 0 Å². The number of hydrogen-bond donors (Lipinski definition) is 0. The summed E-state index contributed by atoms with van der Waals surface area (Å²) in [5.74, 6) is 0. The molecule has 0 bridgehead atoms. The Labute approximate surface area is 332 Å². The van der Waals surface area contributed by atoms with E-state index < -0.39 is 0 Å². The van der Waals surface area contributed by atoms with Crippen LogP contribution in [0.2, 0.25) is 0 Å². The van der Waals surface area contributed by atoms with E-state index in [0.717, 1.165) is 52.5 Å². The number of para-hydroxylation sites is 2. The Balaban J connectivity index is 1.11. The number of aryl methyl sites for hydroxylation is 3. The monoisotopic (exact) mass is 722 g/mol. The van der Waals surface area contributed by atoms with E-state index in [1.165, 1.54) is 38.6 Å². The van der Waals surface area contributed by atoms with E-state index in [0.29, 0.717) is 0 Å². The number of rotatable bonds is 12. The summed E-state index contributed by atoms with van der Waals surface area (Å²) in [5, 5.41) is 2.49. The number of hydrogen-bond acceptors (Lipinski definition) is 2. The third-order valence-electron chi connectivity index (χ3n) is 10.3. The minimum absolute atomic E-state index is 1.02. The molecule has 2 nitrogen and oxygen atoms in total. The molecular formula is C54H46N2. The molecule has 0 fully saturated rings. The third-order valence-corrected chi connectivity index (χ3v) is 10.3. The second-order valence-corrected chi connectivity index (χ2v) is 14.3. The topological polar surface area (TPSA) is 6.48 Å². The predicted octanol–water partition coefficient (Wildman–Crippen LogP) is 15.2. The Bertz CT molecular complexity index is 2560. The van der Waals surface area contributed by atoms with Crippen molar-refractivity contribution in [3.05, 3.63) is 234 Å². The summed E-state index contributed by atoms with van der Waals surface area (Å²) in [7, 11) is 0. The van der Waals surface area contributed by atoms with Gasteiger partial charge in [-0.1, -0.05) is 146 Å². The van der Waals surface area contributed by atoms with Gasteiger partial charge in [-0.15, -0.1) is 0 Å². The summed E-state index contributed by atoms with van der Waals surface area (Å²) >= 11 is 0. The summed E-state index contributed by atoms with van der Waals surface area (Å²) in [4.78, 5) is 4.73. The SMILES string of the molecule is Cc1cc(N(c2ccccc2)c2ccc(/C=C/c3ccccc3)cc2)cc2c(C)cc(N(c3ccccc3)c3ccc(/C=C/CCc4ccccc4)cc3)cc12. The van der Waals surface area contributed by atoms with Crippen molar-refractivity contribution in [1.29, 1.82) is 0 Å². The van der Waals surface area contributed by atoms with Crippen molar-refractivity contribution in [2.45, 2.75) is 26.7 Å². The Kier molecular flexibility index (Phi) is 11.0. The van der Waals surface area contributed by atoms with E-state index >= 15 is 0 Å². The fourth-order valence-corrected chi connectivity index (χ4v) is 7.43. The summed E-state index contributed by atoms with van der Waals surface area (Å²) in [5.41, 5.74) is 14.2. The van der Waals surface area contributed by atoms with Crippen LogP contribution >= 0.6 is 0 Å². The first kappa shape index (κ1) is 36.1. The van der Waals surface area contributed by atoms with Gasteiger partial charge in [0.2, 0.25) is 0 Å². The van der Waals surface area contributed by atoms with E-state index in [1.807, 2.05) is 6.07 Å². The zero-order valence-corrected chi connectivity index (χ0v) is 32.1. The average Bonchev–Trinajstić information content (AvgIpc) is 3.25. The van der Waals surface area contributed by atoms with Crippen molar-refractivity contribution in [1.82, 2.24) is 0 Å². The van der Waals surface area contributed by atoms with Crippen LogP contribution in [-0.4, -0.2) is 0 Å². The molecule has 0 aliphatic carbocycles. The molecule has 0 radical (unpaired) electrons. The fourth-order valence-electron chi connectivity index (χ4n) is 7.43. The van der Waals surface area contributed by atoms with Crippen LogP contribution in [0.25, 0.3) is 29.0 Å². The lowest BCUT2D eigenvalue weighted by Gasteiger charge is -2.28. The number of anilines is 6. The van der Waals surface area contributed by atoms with Crippen molar-refractivity contribution >= 4 is 63.1 Å². The van der Waals surface area contributed by atoms with Gasteiger partial charge in [0, 0.05) is 34.1 Å². The van der Waals surface area contributed by atoms with Gasteiger partial charge in [0.25, 0.3) is 0 Å². The van der Waals surface area contributed by atoms with E-state index in [9.17, 15) is 0 Å². The fraction of sp³-hybridized carbons (Fsp3) is 0.0741. The quantitative estimate of drug-likeness (QED) is 0.116. The van der Waals surface area contributed by atoms with E-state index in [-0.39, 0.29) is 0 Å². The molecule has 8 rings (SSSR count). The van der Waals surface area contributed by atoms with Crippen LogP contribution < -0.4 is 9.80 Å². The van der Waals surface area contributed by atoms with Gasteiger partial charge in [0.15, 0.2) is 0 Å². The highest BCUT2D eigenvalue weighted by atomic mass is 15.1. The molecule has 2 heteroatoms. The maximum Gasteiger partial charge on any atom is 0.0470 e. The Morgan fingerprint density at radius 2 is 0.732 bits per heavy atom. The molecule has 0 spiro atoms. The van der Waals surface area contributed by atoms with E-state index in [1.54, 1.807) is 0 Å². The van der Waals surface area contributed by atoms with Gasteiger partial charge in [0.05, 0.1) is 0 Å². The highest BCUT2D eigenvalue weighted by molar-refractivity contribution is 5.97. The number of benzene rings is 8. The highest BCUT2D eigenvalue weighted by Gasteiger charge is 2.18. The maximum atomic E-state index is 2.37. The van der Waals surface area contributed by atoms with Crippen LogP contribution in [0.15, 0.2) is 200 Å². The van der Waals surface area contributed by atoms with Gasteiger partial charge < -0.3 is 9.80 Å². The summed E-state index contributed by atoms with van der Waals surface area (Å²) in [6.45, 7) is 4.48. The van der Waals surface area contributed by atoms with Crippen LogP contribution in [0.1, 0.15) is 39.8 Å². The van der Waals surface area contributed by atoms with Gasteiger partial charge in [-0.2, -0.15) is 0 Å². The number of fused-ring (bicyclic) bond motifs is 1. The summed E-state index contributed by atoms with van der Waals surface area (Å²) < 4.78 is 0. The Hall–Kier alpha value is -6.90. The minimum Gasteiger partial charge on any atom is -0.310 e. The first-order chi connectivity index (χ1) is 27.6. The third kappa shape index (κ3) is 8.41. The Morgan fingerprint density at radius 1 is 0.357 bits per heavy atom. The van der Waals surface area contributed by atoms with Gasteiger partial charge in [0.1, 0.15) is 0 Å². The lowest BCUT2D eigenvalue weighted by molar-refractivity contribution is 1.01. The molecular weight excluding hydrogens is 677 g/mol. The molecule has 0 atom stereocenters. The van der Waals surface area contributed by atoms with Gasteiger partial charge in [-0.3, -0.25) is 0 Å². The van der Waals surface area contributed by atoms with Crippen LogP contribution in [0, 0.1) is 13.8 Å². The normalized spacial score (nSPS) is 11.4. The molecule has 0 aliphatic rings. The van der Waals surface area contributed by atoms with Gasteiger partial charge in [-0.25, -0.2) is 0 Å². The second-order valence-electron chi connectivity index (χ2n) is 14.3. The van der Waals surface area contributed by atoms with Crippen molar-refractivity contribution in [2.75, 3.05) is 9.80 Å². The van der Waals surface area contributed by atoms with Gasteiger partial charge in [-0.05, 0) is 144 Å². The second kappa shape index (κ2) is 17.1. The number of allylic oxidation sites excluding steroid dienone is 1. The molecule has 0 aromatic heterocycles. The molecule has 8 aromatic carbocycles. The Morgan fingerprint density at radius 3 is 1.20 bits per heavy atom. The van der Waals surface area contributed by atoms with Crippen molar-refractivity contribution in [3.8, 4) is 0 Å². The smallest absolute Gasteiger partial charge is 0.0470 e. The van der Waals surface area contributed by atoms with Crippen molar-refractivity contribution in [3.63, 3.8) is 0 Å². The molecule has 0 amide bonds. The zero-order chi connectivity index (χ0) is 38.1. The van der Waals surface area contributed by atoms with Crippen LogP contribution in [0.3, 0.4) is 0 Å². The van der Waals surface area contributed by atoms with Gasteiger partial charge >= 0.3 is 0 Å². The molecule has 8 aromatic rings. The minimum atomic E-state index is 1.02. The van der Waals surface area contributed by atoms with Crippen LogP contribution in [0.4, 0.5) is 34.1 Å². The summed E-state index contributed by atoms with van der Waals surface area (Å²) in [6, 6.07) is 69.6. The predicted molar refractivity (Wildman–Crippen MR) is 242 cm³/mol. The molecule has 272 valence electrons. The highest BCUT2D eigenvalue weighted by Crippen LogP contribution is 2.42. The molecule has 0 aliphatic heterocycles. The zero-order valence-electron chi connectivity index (χ0n) is 32.1. The average molecular weight is 723 g/mol. The molecule has 56 heavy (non-hydrogen) atoms. The first-order valence-electron chi connectivity index (χ1n) is 19.5. The molecule has 0 saturated carbocycles. The molecule has 0 unspecified atom stereocenters. The lowest BCUT2D eigenvalue weighted by atomic mass is 9.97. The van der Waals surface area contributed by atoms with Crippen molar-refractivity contribution in [2.24, 2.45) is 0 Å². The summed E-state index contributed by atoms with van der Waals surface area (Å²) in [6.07, 6.45) is 10.9. The van der Waals surface area contributed by atoms with E-state index in [2.05, 4.69) is 236 Å². The lowest BCUT2D eigenvalue weighted by Crippen LogP contribution is -2.11. The van der Waals surface area contributed by atoms with E-state index in [4.69, 9.17) is 0 Å².